The maximum Gasteiger partial charge on any atom is 0.352 e. The number of nitrogens with one attached hydrogen (secondary N) is 2. The zero-order valence-corrected chi connectivity index (χ0v) is 20.2. The molecule has 1 atom stereocenters. The first kappa shape index (κ1) is 25.1. The zero-order chi connectivity index (χ0) is 24.9. The number of aromatic nitrogens is 3. The summed E-state index contributed by atoms with van der Waals surface area (Å²) < 4.78 is 1.73. The summed E-state index contributed by atoms with van der Waals surface area (Å²) in [5.74, 6) is -0.571. The summed E-state index contributed by atoms with van der Waals surface area (Å²) in [7, 11) is 0. The van der Waals surface area contributed by atoms with E-state index in [9.17, 15) is 24.3 Å². The molecule has 2 saturated carbocycles. The van der Waals surface area contributed by atoms with Gasteiger partial charge in [-0.15, -0.1) is 0 Å². The smallest absolute Gasteiger partial charge is 0.352 e. The van der Waals surface area contributed by atoms with Crippen LogP contribution in [0.3, 0.4) is 0 Å². The van der Waals surface area contributed by atoms with Crippen molar-refractivity contribution in [2.24, 2.45) is 11.8 Å². The fourth-order valence-corrected chi connectivity index (χ4v) is 4.52. The minimum Gasteiger partial charge on any atom is -0.373 e. The SMILES string of the molecule is O=C(Cn1c(=O)cnn(-c2ccc(Cl)c(C(=O)NC(O)C3CCCCCC3)c2)c1=O)NCC1CC1. The van der Waals surface area contributed by atoms with Gasteiger partial charge in [-0.3, -0.25) is 14.4 Å². The first-order valence-corrected chi connectivity index (χ1v) is 12.5. The van der Waals surface area contributed by atoms with Gasteiger partial charge >= 0.3 is 5.69 Å². The average molecular weight is 504 g/mol. The van der Waals surface area contributed by atoms with Crippen LogP contribution in [0.25, 0.3) is 5.69 Å². The van der Waals surface area contributed by atoms with E-state index in [2.05, 4.69) is 15.7 Å². The lowest BCUT2D eigenvalue weighted by Crippen LogP contribution is -2.44. The van der Waals surface area contributed by atoms with Gasteiger partial charge in [0.1, 0.15) is 19.0 Å². The van der Waals surface area contributed by atoms with Crippen LogP contribution in [-0.2, 0) is 11.3 Å². The van der Waals surface area contributed by atoms with E-state index in [1.807, 2.05) is 0 Å². The molecule has 0 saturated heterocycles. The quantitative estimate of drug-likeness (QED) is 0.370. The monoisotopic (exact) mass is 503 g/mol. The highest BCUT2D eigenvalue weighted by molar-refractivity contribution is 6.33. The molecule has 0 spiro atoms. The Morgan fingerprint density at radius 1 is 1.11 bits per heavy atom. The lowest BCUT2D eigenvalue weighted by Gasteiger charge is -2.22. The molecule has 1 aromatic carbocycles. The molecule has 2 amide bonds. The van der Waals surface area contributed by atoms with Crippen molar-refractivity contribution in [3.8, 4) is 5.69 Å². The summed E-state index contributed by atoms with van der Waals surface area (Å²) >= 11 is 6.25. The lowest BCUT2D eigenvalue weighted by molar-refractivity contribution is -0.121. The maximum absolute atomic E-state index is 13.0. The van der Waals surface area contributed by atoms with Crippen LogP contribution in [0.5, 0.6) is 0 Å². The molecule has 2 aliphatic carbocycles. The molecule has 1 heterocycles. The highest BCUT2D eigenvalue weighted by Gasteiger charge is 2.24. The number of aliphatic hydroxyl groups excluding tert-OH is 1. The van der Waals surface area contributed by atoms with E-state index < -0.39 is 35.8 Å². The van der Waals surface area contributed by atoms with E-state index in [0.29, 0.717) is 12.5 Å². The molecule has 2 fully saturated rings. The summed E-state index contributed by atoms with van der Waals surface area (Å²) in [5.41, 5.74) is -1.26. The number of aliphatic hydroxyl groups is 1. The highest BCUT2D eigenvalue weighted by Crippen LogP contribution is 2.27. The van der Waals surface area contributed by atoms with Crippen molar-refractivity contribution in [3.05, 3.63) is 55.8 Å². The first-order chi connectivity index (χ1) is 16.8. The molecule has 0 radical (unpaired) electrons. The largest absolute Gasteiger partial charge is 0.373 e. The molecule has 4 rings (SSSR count). The minimum atomic E-state index is -1.00. The number of benzene rings is 1. The van der Waals surface area contributed by atoms with Crippen LogP contribution < -0.4 is 21.9 Å². The summed E-state index contributed by atoms with van der Waals surface area (Å²) in [6.45, 7) is 0.0939. The number of hydrogen-bond donors (Lipinski definition) is 3. The van der Waals surface area contributed by atoms with Crippen molar-refractivity contribution in [1.82, 2.24) is 25.0 Å². The van der Waals surface area contributed by atoms with Crippen LogP contribution >= 0.6 is 11.6 Å². The van der Waals surface area contributed by atoms with Crippen molar-refractivity contribution in [2.45, 2.75) is 64.1 Å². The third kappa shape index (κ3) is 6.37. The van der Waals surface area contributed by atoms with Crippen LogP contribution in [0.4, 0.5) is 0 Å². The third-order valence-electron chi connectivity index (χ3n) is 6.61. The van der Waals surface area contributed by atoms with Gasteiger partial charge in [-0.25, -0.2) is 9.36 Å². The molecule has 10 nitrogen and oxygen atoms in total. The second kappa shape index (κ2) is 11.2. The highest BCUT2D eigenvalue weighted by atomic mass is 35.5. The number of halogens is 1. The molecule has 2 aliphatic rings. The summed E-state index contributed by atoms with van der Waals surface area (Å²) in [6.07, 6.45) is 8.01. The molecule has 0 bridgehead atoms. The molecule has 1 unspecified atom stereocenters. The maximum atomic E-state index is 13.0. The summed E-state index contributed by atoms with van der Waals surface area (Å²) in [6, 6.07) is 4.29. The summed E-state index contributed by atoms with van der Waals surface area (Å²) in [4.78, 5) is 50.3. The molecule has 188 valence electrons. The van der Waals surface area contributed by atoms with Gasteiger partial charge in [0.05, 0.1) is 16.3 Å². The van der Waals surface area contributed by atoms with E-state index >= 15 is 0 Å². The van der Waals surface area contributed by atoms with E-state index in [4.69, 9.17) is 11.6 Å². The molecular formula is C24H30ClN5O5. The number of rotatable bonds is 8. The van der Waals surface area contributed by atoms with Gasteiger partial charge in [-0.1, -0.05) is 37.3 Å². The van der Waals surface area contributed by atoms with Crippen LogP contribution in [0, 0.1) is 11.8 Å². The molecule has 2 aromatic rings. The number of carbonyl (C=O) groups excluding carboxylic acids is 2. The van der Waals surface area contributed by atoms with E-state index in [1.165, 1.54) is 18.2 Å². The fraction of sp³-hybridized carbons (Fsp3) is 0.542. The Labute approximate surface area is 207 Å². The molecule has 35 heavy (non-hydrogen) atoms. The van der Waals surface area contributed by atoms with Crippen molar-refractivity contribution < 1.29 is 14.7 Å². The molecule has 3 N–H and O–H groups in total. The Balaban J connectivity index is 1.53. The van der Waals surface area contributed by atoms with Crippen molar-refractivity contribution >= 4 is 23.4 Å². The second-order valence-corrected chi connectivity index (χ2v) is 9.75. The van der Waals surface area contributed by atoms with Gasteiger partial charge < -0.3 is 15.7 Å². The van der Waals surface area contributed by atoms with E-state index in [0.717, 1.165) is 66.8 Å². The molecule has 1 aromatic heterocycles. The number of amides is 2. The minimum absolute atomic E-state index is 0.0256. The van der Waals surface area contributed by atoms with E-state index in [-0.39, 0.29) is 22.2 Å². The predicted octanol–water partition coefficient (Wildman–Crippen LogP) is 1.59. The Morgan fingerprint density at radius 3 is 2.51 bits per heavy atom. The topological polar surface area (TPSA) is 135 Å². The number of carbonyl (C=O) groups is 2. The van der Waals surface area contributed by atoms with Crippen LogP contribution in [-0.4, -0.2) is 44.0 Å². The van der Waals surface area contributed by atoms with Crippen LogP contribution in [0.15, 0.2) is 34.0 Å². The van der Waals surface area contributed by atoms with Gasteiger partial charge in [0.25, 0.3) is 11.5 Å². The second-order valence-electron chi connectivity index (χ2n) is 9.34. The molecule has 0 aliphatic heterocycles. The van der Waals surface area contributed by atoms with Crippen LogP contribution in [0.1, 0.15) is 61.7 Å². The van der Waals surface area contributed by atoms with Crippen LogP contribution in [0.2, 0.25) is 5.02 Å². The Morgan fingerprint density at radius 2 is 1.83 bits per heavy atom. The Kier molecular flexibility index (Phi) is 8.02. The fourth-order valence-electron chi connectivity index (χ4n) is 4.31. The standard InChI is InChI=1S/C24H30ClN5O5/c25-19-10-9-17(11-18(19)23(34)28-22(33)16-5-3-1-2-4-6-16)30-24(35)29(21(32)13-27-30)14-20(31)26-12-15-7-8-15/h9-11,13,15-16,22,33H,1-8,12,14H2,(H,26,31)(H,28,34). The lowest BCUT2D eigenvalue weighted by atomic mass is 9.98. The normalized spacial score (nSPS) is 17.4. The van der Waals surface area contributed by atoms with Crippen molar-refractivity contribution in [3.63, 3.8) is 0 Å². The number of nitrogens with zero attached hydrogens (tertiary/aromatic N) is 3. The average Bonchev–Trinajstić information content (AvgIpc) is 3.68. The number of hydrogen-bond acceptors (Lipinski definition) is 6. The molecule has 11 heteroatoms. The van der Waals surface area contributed by atoms with Gasteiger partial charge in [-0.2, -0.15) is 9.78 Å². The van der Waals surface area contributed by atoms with Gasteiger partial charge in [0.15, 0.2) is 0 Å². The van der Waals surface area contributed by atoms with E-state index in [1.54, 1.807) is 0 Å². The Hall–Kier alpha value is -2.98. The third-order valence-corrected chi connectivity index (χ3v) is 6.94. The summed E-state index contributed by atoms with van der Waals surface area (Å²) in [5, 5.41) is 19.9. The van der Waals surface area contributed by atoms with Crippen molar-refractivity contribution in [2.75, 3.05) is 6.54 Å². The van der Waals surface area contributed by atoms with Crippen molar-refractivity contribution in [1.29, 1.82) is 0 Å². The zero-order valence-electron chi connectivity index (χ0n) is 19.4. The molecular weight excluding hydrogens is 474 g/mol. The van der Waals surface area contributed by atoms with Gasteiger partial charge in [0, 0.05) is 12.5 Å². The first-order valence-electron chi connectivity index (χ1n) is 12.1. The Bertz CT molecular complexity index is 1200. The van der Waals surface area contributed by atoms with Gasteiger partial charge in [-0.05, 0) is 49.8 Å². The van der Waals surface area contributed by atoms with Gasteiger partial charge in [0.2, 0.25) is 5.91 Å². The predicted molar refractivity (Wildman–Crippen MR) is 130 cm³/mol.